The van der Waals surface area contributed by atoms with Crippen molar-refractivity contribution >= 4 is 5.97 Å². The molecule has 4 heteroatoms. The van der Waals surface area contributed by atoms with Crippen LogP contribution in [0.25, 0.3) is 0 Å². The van der Waals surface area contributed by atoms with Crippen LogP contribution in [0.3, 0.4) is 0 Å². The van der Waals surface area contributed by atoms with Crippen molar-refractivity contribution in [2.45, 2.75) is 26.4 Å². The molecule has 2 rings (SSSR count). The number of aryl methyl sites for hydroxylation is 1. The summed E-state index contributed by atoms with van der Waals surface area (Å²) in [6.07, 6.45) is 0. The average molecular weight is 287 g/mol. The van der Waals surface area contributed by atoms with Crippen molar-refractivity contribution in [2.24, 2.45) is 0 Å². The summed E-state index contributed by atoms with van der Waals surface area (Å²) in [5.41, 5.74) is 2.74. The van der Waals surface area contributed by atoms with E-state index in [9.17, 15) is 9.18 Å². The van der Waals surface area contributed by atoms with Crippen molar-refractivity contribution in [1.82, 2.24) is 5.32 Å². The largest absolute Gasteiger partial charge is 0.478 e. The van der Waals surface area contributed by atoms with Gasteiger partial charge in [-0.15, -0.1) is 0 Å². The van der Waals surface area contributed by atoms with Gasteiger partial charge in [-0.1, -0.05) is 29.8 Å². The highest BCUT2D eigenvalue weighted by atomic mass is 19.1. The Hall–Kier alpha value is -2.20. The molecule has 110 valence electrons. The van der Waals surface area contributed by atoms with Crippen molar-refractivity contribution in [2.75, 3.05) is 0 Å². The molecule has 0 saturated carbocycles. The highest BCUT2D eigenvalue weighted by molar-refractivity contribution is 5.87. The Balaban J connectivity index is 2.07. The van der Waals surface area contributed by atoms with Crippen molar-refractivity contribution < 1.29 is 14.3 Å². The van der Waals surface area contributed by atoms with Gasteiger partial charge >= 0.3 is 5.97 Å². The van der Waals surface area contributed by atoms with Gasteiger partial charge in [-0.2, -0.15) is 0 Å². The fourth-order valence-electron chi connectivity index (χ4n) is 2.08. The zero-order valence-corrected chi connectivity index (χ0v) is 12.1. The van der Waals surface area contributed by atoms with Crippen molar-refractivity contribution in [3.05, 3.63) is 70.5 Å². The van der Waals surface area contributed by atoms with Gasteiger partial charge in [-0.3, -0.25) is 0 Å². The molecule has 0 aliphatic rings. The maximum absolute atomic E-state index is 13.7. The van der Waals surface area contributed by atoms with Gasteiger partial charge in [0.25, 0.3) is 0 Å². The molecule has 0 unspecified atom stereocenters. The van der Waals surface area contributed by atoms with E-state index in [2.05, 4.69) is 5.32 Å². The number of hydrogen-bond donors (Lipinski definition) is 2. The summed E-state index contributed by atoms with van der Waals surface area (Å²) in [5.74, 6) is -1.45. The SMILES string of the molecule is Cc1ccc([C@@H](C)NCc2cc(C(=O)O)ccc2F)cc1. The minimum Gasteiger partial charge on any atom is -0.478 e. The molecule has 2 N–H and O–H groups in total. The molecule has 0 fully saturated rings. The molecule has 0 saturated heterocycles. The number of carboxylic acids is 1. The zero-order chi connectivity index (χ0) is 15.4. The van der Waals surface area contributed by atoms with E-state index in [4.69, 9.17) is 5.11 Å². The third kappa shape index (κ3) is 3.89. The molecule has 2 aromatic rings. The number of rotatable bonds is 5. The number of benzene rings is 2. The molecule has 0 heterocycles. The van der Waals surface area contributed by atoms with Crippen LogP contribution in [0.15, 0.2) is 42.5 Å². The lowest BCUT2D eigenvalue weighted by molar-refractivity contribution is 0.0696. The molecular weight excluding hydrogens is 269 g/mol. The molecule has 0 aromatic heterocycles. The summed E-state index contributed by atoms with van der Waals surface area (Å²) in [6.45, 7) is 4.29. The van der Waals surface area contributed by atoms with Gasteiger partial charge in [0.15, 0.2) is 0 Å². The Morgan fingerprint density at radius 2 is 1.90 bits per heavy atom. The minimum atomic E-state index is -1.05. The van der Waals surface area contributed by atoms with Crippen LogP contribution in [-0.4, -0.2) is 11.1 Å². The lowest BCUT2D eigenvalue weighted by atomic mass is 10.1. The van der Waals surface area contributed by atoms with Crippen molar-refractivity contribution in [3.63, 3.8) is 0 Å². The van der Waals surface area contributed by atoms with E-state index in [1.807, 2.05) is 38.1 Å². The van der Waals surface area contributed by atoms with Gasteiger partial charge in [0.2, 0.25) is 0 Å². The molecule has 0 aliphatic heterocycles. The lowest BCUT2D eigenvalue weighted by Crippen LogP contribution is -2.19. The second kappa shape index (κ2) is 6.50. The molecule has 0 bridgehead atoms. The summed E-state index contributed by atoms with van der Waals surface area (Å²) >= 11 is 0. The predicted molar refractivity (Wildman–Crippen MR) is 79.8 cm³/mol. The van der Waals surface area contributed by atoms with Crippen LogP contribution in [0, 0.1) is 12.7 Å². The molecule has 0 spiro atoms. The van der Waals surface area contributed by atoms with Crippen molar-refractivity contribution in [3.8, 4) is 0 Å². The Morgan fingerprint density at radius 3 is 2.52 bits per heavy atom. The maximum Gasteiger partial charge on any atom is 0.335 e. The van der Waals surface area contributed by atoms with Crippen LogP contribution in [0.2, 0.25) is 0 Å². The number of carboxylic acid groups (broad SMARTS) is 1. The molecule has 1 atom stereocenters. The molecule has 21 heavy (non-hydrogen) atoms. The number of halogens is 1. The molecule has 0 aliphatic carbocycles. The Kier molecular flexibility index (Phi) is 4.70. The van der Waals surface area contributed by atoms with Crippen LogP contribution >= 0.6 is 0 Å². The van der Waals surface area contributed by atoms with E-state index >= 15 is 0 Å². The third-order valence-corrected chi connectivity index (χ3v) is 3.47. The standard InChI is InChI=1S/C17H18FNO2/c1-11-3-5-13(6-4-11)12(2)19-10-15-9-14(17(20)21)7-8-16(15)18/h3-9,12,19H,10H2,1-2H3,(H,20,21)/t12-/m1/s1. The first kappa shape index (κ1) is 15.2. The fraction of sp³-hybridized carbons (Fsp3) is 0.235. The number of hydrogen-bond acceptors (Lipinski definition) is 2. The van der Waals surface area contributed by atoms with Gasteiger partial charge in [-0.25, -0.2) is 9.18 Å². The van der Waals surface area contributed by atoms with Crippen LogP contribution in [-0.2, 0) is 6.54 Å². The maximum atomic E-state index is 13.7. The third-order valence-electron chi connectivity index (χ3n) is 3.47. The second-order valence-corrected chi connectivity index (χ2v) is 5.12. The summed E-state index contributed by atoms with van der Waals surface area (Å²) in [5, 5.41) is 12.1. The molecule has 0 amide bonds. The van der Waals surface area contributed by atoms with Gasteiger partial charge in [0.05, 0.1) is 5.56 Å². The van der Waals surface area contributed by atoms with Gasteiger partial charge in [0.1, 0.15) is 5.82 Å². The van der Waals surface area contributed by atoms with Crippen LogP contribution < -0.4 is 5.32 Å². The highest BCUT2D eigenvalue weighted by Gasteiger charge is 2.10. The smallest absolute Gasteiger partial charge is 0.335 e. The van der Waals surface area contributed by atoms with Gasteiger partial charge in [0, 0.05) is 18.2 Å². The second-order valence-electron chi connectivity index (χ2n) is 5.12. The molecule has 3 nitrogen and oxygen atoms in total. The summed E-state index contributed by atoms with van der Waals surface area (Å²) < 4.78 is 13.7. The van der Waals surface area contributed by atoms with Gasteiger partial charge < -0.3 is 10.4 Å². The first-order valence-corrected chi connectivity index (χ1v) is 6.79. The summed E-state index contributed by atoms with van der Waals surface area (Å²) in [4.78, 5) is 10.9. The number of aromatic carboxylic acids is 1. The fourth-order valence-corrected chi connectivity index (χ4v) is 2.08. The molecule has 2 aromatic carbocycles. The Labute approximate surface area is 123 Å². The minimum absolute atomic E-state index is 0.0542. The van der Waals surface area contributed by atoms with Crippen LogP contribution in [0.1, 0.15) is 40.0 Å². The quantitative estimate of drug-likeness (QED) is 0.882. The van der Waals surface area contributed by atoms with Crippen LogP contribution in [0.4, 0.5) is 4.39 Å². The van der Waals surface area contributed by atoms with Gasteiger partial charge in [-0.05, 0) is 37.6 Å². The van der Waals surface area contributed by atoms with E-state index in [1.165, 1.54) is 23.8 Å². The normalized spacial score (nSPS) is 12.1. The van der Waals surface area contributed by atoms with E-state index in [0.717, 1.165) is 5.56 Å². The zero-order valence-electron chi connectivity index (χ0n) is 12.1. The number of carbonyl (C=O) groups is 1. The molecular formula is C17H18FNO2. The average Bonchev–Trinajstić information content (AvgIpc) is 2.46. The highest BCUT2D eigenvalue weighted by Crippen LogP contribution is 2.16. The van der Waals surface area contributed by atoms with E-state index in [-0.39, 0.29) is 18.2 Å². The van der Waals surface area contributed by atoms with E-state index in [1.54, 1.807) is 0 Å². The summed E-state index contributed by atoms with van der Waals surface area (Å²) in [6, 6.07) is 12.0. The molecule has 0 radical (unpaired) electrons. The Morgan fingerprint density at radius 1 is 1.24 bits per heavy atom. The first-order chi connectivity index (χ1) is 9.97. The predicted octanol–water partition coefficient (Wildman–Crippen LogP) is 3.68. The number of nitrogens with one attached hydrogen (secondary N) is 1. The summed E-state index contributed by atoms with van der Waals surface area (Å²) in [7, 11) is 0. The van der Waals surface area contributed by atoms with E-state index < -0.39 is 11.8 Å². The van der Waals surface area contributed by atoms with Crippen molar-refractivity contribution in [1.29, 1.82) is 0 Å². The topological polar surface area (TPSA) is 49.3 Å². The van der Waals surface area contributed by atoms with Crippen LogP contribution in [0.5, 0.6) is 0 Å². The lowest BCUT2D eigenvalue weighted by Gasteiger charge is -2.15. The Bertz CT molecular complexity index is 638. The van der Waals surface area contributed by atoms with E-state index in [0.29, 0.717) is 5.56 Å². The first-order valence-electron chi connectivity index (χ1n) is 6.79. The monoisotopic (exact) mass is 287 g/mol.